The van der Waals surface area contributed by atoms with Gasteiger partial charge < -0.3 is 19.3 Å². The highest BCUT2D eigenvalue weighted by Crippen LogP contribution is 2.28. The largest absolute Gasteiger partial charge is 0.493 e. The molecule has 2 aliphatic heterocycles. The topological polar surface area (TPSA) is 62.3 Å². The molecule has 3 rings (SSSR count). The van der Waals surface area contributed by atoms with Gasteiger partial charge in [-0.05, 0) is 17.7 Å². The molecule has 0 bridgehead atoms. The fourth-order valence-corrected chi connectivity index (χ4v) is 3.57. The van der Waals surface area contributed by atoms with Crippen molar-refractivity contribution in [3.63, 3.8) is 0 Å². The minimum atomic E-state index is 0.135. The molecule has 2 fully saturated rings. The number of methoxy groups -OCH3 is 2. The lowest BCUT2D eigenvalue weighted by Gasteiger charge is -2.48. The fraction of sp³-hybridized carbons (Fsp3) is 0.579. The minimum absolute atomic E-state index is 0.135. The van der Waals surface area contributed by atoms with Crippen LogP contribution in [0.2, 0.25) is 0 Å². The zero-order valence-electron chi connectivity index (χ0n) is 15.7. The Labute approximate surface area is 154 Å². The quantitative estimate of drug-likeness (QED) is 0.770. The first-order valence-corrected chi connectivity index (χ1v) is 9.00. The molecule has 142 valence electrons. The van der Waals surface area contributed by atoms with Crippen LogP contribution in [0.15, 0.2) is 18.2 Å². The Morgan fingerprint density at radius 1 is 1.00 bits per heavy atom. The molecule has 1 aromatic carbocycles. The van der Waals surface area contributed by atoms with Crippen LogP contribution < -0.4 is 9.47 Å². The summed E-state index contributed by atoms with van der Waals surface area (Å²) >= 11 is 0. The molecule has 0 atom stereocenters. The van der Waals surface area contributed by atoms with Crippen molar-refractivity contribution in [3.05, 3.63) is 23.8 Å². The maximum absolute atomic E-state index is 12.5. The second-order valence-corrected chi connectivity index (χ2v) is 6.86. The van der Waals surface area contributed by atoms with Crippen LogP contribution >= 0.6 is 0 Å². The van der Waals surface area contributed by atoms with E-state index >= 15 is 0 Å². The number of amides is 2. The molecule has 2 aliphatic rings. The summed E-state index contributed by atoms with van der Waals surface area (Å²) in [4.78, 5) is 30.1. The van der Waals surface area contributed by atoms with Crippen molar-refractivity contribution in [2.24, 2.45) is 0 Å². The molecule has 2 saturated heterocycles. The van der Waals surface area contributed by atoms with Crippen LogP contribution in [-0.4, -0.2) is 86.0 Å². The van der Waals surface area contributed by atoms with Gasteiger partial charge in [-0.1, -0.05) is 6.07 Å². The Bertz CT molecular complexity index is 665. The molecule has 0 N–H and O–H groups in total. The van der Waals surface area contributed by atoms with Gasteiger partial charge in [0, 0.05) is 52.2 Å². The molecular weight excluding hydrogens is 334 g/mol. The Kier molecular flexibility index (Phi) is 5.66. The van der Waals surface area contributed by atoms with E-state index in [1.165, 1.54) is 0 Å². The summed E-state index contributed by atoms with van der Waals surface area (Å²) in [5, 5.41) is 0. The molecule has 2 amide bonds. The third-order valence-electron chi connectivity index (χ3n) is 5.29. The zero-order chi connectivity index (χ0) is 18.7. The highest BCUT2D eigenvalue weighted by atomic mass is 16.5. The molecule has 7 heteroatoms. The van der Waals surface area contributed by atoms with E-state index in [-0.39, 0.29) is 11.8 Å². The normalized spacial score (nSPS) is 18.4. The lowest BCUT2D eigenvalue weighted by Crippen LogP contribution is -2.64. The van der Waals surface area contributed by atoms with Gasteiger partial charge in [-0.2, -0.15) is 0 Å². The average molecular weight is 361 g/mol. The highest BCUT2D eigenvalue weighted by molar-refractivity contribution is 5.80. The Balaban J connectivity index is 1.47. The van der Waals surface area contributed by atoms with Crippen molar-refractivity contribution in [2.45, 2.75) is 19.4 Å². The molecule has 0 aliphatic carbocycles. The number of carbonyl (C=O) groups excluding carboxylic acids is 2. The first-order valence-electron chi connectivity index (χ1n) is 9.00. The van der Waals surface area contributed by atoms with Crippen LogP contribution in [-0.2, 0) is 16.0 Å². The van der Waals surface area contributed by atoms with Gasteiger partial charge in [0.15, 0.2) is 11.5 Å². The second kappa shape index (κ2) is 7.95. The number of nitrogens with zero attached hydrogens (tertiary/aromatic N) is 3. The number of piperazine rings is 1. The first-order chi connectivity index (χ1) is 12.5. The summed E-state index contributed by atoms with van der Waals surface area (Å²) in [6, 6.07) is 6.00. The van der Waals surface area contributed by atoms with E-state index in [1.54, 1.807) is 21.1 Å². The van der Waals surface area contributed by atoms with Crippen molar-refractivity contribution in [3.8, 4) is 11.5 Å². The van der Waals surface area contributed by atoms with Crippen LogP contribution in [0.25, 0.3) is 0 Å². The Morgan fingerprint density at radius 2 is 1.65 bits per heavy atom. The molecule has 0 spiro atoms. The number of likely N-dealkylation sites (tertiary alicyclic amines) is 1. The van der Waals surface area contributed by atoms with Crippen LogP contribution in [0.4, 0.5) is 0 Å². The van der Waals surface area contributed by atoms with Gasteiger partial charge in [-0.25, -0.2) is 0 Å². The number of hydrogen-bond donors (Lipinski definition) is 0. The molecular formula is C19H27N3O4. The minimum Gasteiger partial charge on any atom is -0.493 e. The van der Waals surface area contributed by atoms with Crippen LogP contribution in [0.3, 0.4) is 0 Å². The number of ether oxygens (including phenoxy) is 2. The molecule has 26 heavy (non-hydrogen) atoms. The Hall–Kier alpha value is -2.28. The van der Waals surface area contributed by atoms with E-state index in [4.69, 9.17) is 9.47 Å². The van der Waals surface area contributed by atoms with Crippen LogP contribution in [0.5, 0.6) is 11.5 Å². The summed E-state index contributed by atoms with van der Waals surface area (Å²) < 4.78 is 10.5. The van der Waals surface area contributed by atoms with Crippen LogP contribution in [0.1, 0.15) is 12.5 Å². The lowest BCUT2D eigenvalue weighted by molar-refractivity contribution is -0.139. The third-order valence-corrected chi connectivity index (χ3v) is 5.29. The fourth-order valence-electron chi connectivity index (χ4n) is 3.57. The zero-order valence-corrected chi connectivity index (χ0v) is 15.7. The van der Waals surface area contributed by atoms with Gasteiger partial charge in [0.05, 0.1) is 20.6 Å². The van der Waals surface area contributed by atoms with E-state index in [0.717, 1.165) is 44.8 Å². The first kappa shape index (κ1) is 18.5. The molecule has 7 nitrogen and oxygen atoms in total. The van der Waals surface area contributed by atoms with E-state index in [9.17, 15) is 9.59 Å². The monoisotopic (exact) mass is 361 g/mol. The smallest absolute Gasteiger partial charge is 0.227 e. The number of benzene rings is 1. The third kappa shape index (κ3) is 3.93. The SMILES string of the molecule is COc1ccc(CC(=O)N2CC(N3CCN(C(C)=O)CC3)C2)cc1OC. The van der Waals surface area contributed by atoms with Crippen molar-refractivity contribution in [2.75, 3.05) is 53.5 Å². The predicted octanol–water partition coefficient (Wildman–Crippen LogP) is 0.621. The van der Waals surface area contributed by atoms with Crippen molar-refractivity contribution < 1.29 is 19.1 Å². The van der Waals surface area contributed by atoms with Gasteiger partial charge in [-0.15, -0.1) is 0 Å². The molecule has 0 radical (unpaired) electrons. The van der Waals surface area contributed by atoms with Crippen molar-refractivity contribution in [1.82, 2.24) is 14.7 Å². The summed E-state index contributed by atoms with van der Waals surface area (Å²) in [6.45, 7) is 6.51. The van der Waals surface area contributed by atoms with Gasteiger partial charge in [0.25, 0.3) is 0 Å². The standard InChI is InChI=1S/C19H27N3O4/c1-14(23)20-6-8-21(9-7-20)16-12-22(13-16)19(24)11-15-4-5-17(25-2)18(10-15)26-3/h4-5,10,16H,6-9,11-13H2,1-3H3. The molecule has 2 heterocycles. The second-order valence-electron chi connectivity index (χ2n) is 6.86. The van der Waals surface area contributed by atoms with Crippen molar-refractivity contribution in [1.29, 1.82) is 0 Å². The van der Waals surface area contributed by atoms with Gasteiger partial charge in [-0.3, -0.25) is 14.5 Å². The average Bonchev–Trinajstić information content (AvgIpc) is 2.60. The van der Waals surface area contributed by atoms with Gasteiger partial charge >= 0.3 is 0 Å². The number of hydrogen-bond acceptors (Lipinski definition) is 5. The van der Waals surface area contributed by atoms with Crippen molar-refractivity contribution >= 4 is 11.8 Å². The van der Waals surface area contributed by atoms with E-state index < -0.39 is 0 Å². The van der Waals surface area contributed by atoms with E-state index in [2.05, 4.69) is 4.90 Å². The summed E-state index contributed by atoms with van der Waals surface area (Å²) in [7, 11) is 3.19. The Morgan fingerprint density at radius 3 is 2.23 bits per heavy atom. The lowest BCUT2D eigenvalue weighted by atomic mass is 10.0. The van der Waals surface area contributed by atoms with Gasteiger partial charge in [0.1, 0.15) is 0 Å². The molecule has 1 aromatic rings. The maximum atomic E-state index is 12.5. The summed E-state index contributed by atoms with van der Waals surface area (Å²) in [5.41, 5.74) is 0.922. The maximum Gasteiger partial charge on any atom is 0.227 e. The highest BCUT2D eigenvalue weighted by Gasteiger charge is 2.36. The molecule has 0 aromatic heterocycles. The molecule has 0 unspecified atom stereocenters. The number of carbonyl (C=O) groups is 2. The molecule has 0 saturated carbocycles. The van der Waals surface area contributed by atoms with Crippen LogP contribution in [0, 0.1) is 0 Å². The summed E-state index contributed by atoms with van der Waals surface area (Å²) in [5.74, 6) is 1.58. The predicted molar refractivity (Wildman–Crippen MR) is 97.4 cm³/mol. The summed E-state index contributed by atoms with van der Waals surface area (Å²) in [6.07, 6.45) is 0.366. The van der Waals surface area contributed by atoms with E-state index in [1.807, 2.05) is 28.0 Å². The van der Waals surface area contributed by atoms with Gasteiger partial charge in [0.2, 0.25) is 11.8 Å². The van der Waals surface area contributed by atoms with E-state index in [0.29, 0.717) is 24.0 Å². The number of rotatable bonds is 5.